The summed E-state index contributed by atoms with van der Waals surface area (Å²) in [5.41, 5.74) is 7.23. The van der Waals surface area contributed by atoms with Gasteiger partial charge >= 0.3 is 0 Å². The Morgan fingerprint density at radius 2 is 2.17 bits per heavy atom. The number of carbonyl (C=O) groups excluding carboxylic acids is 1. The van der Waals surface area contributed by atoms with E-state index in [1.165, 1.54) is 6.08 Å². The first-order chi connectivity index (χ1) is 8.72. The molecule has 0 aliphatic carbocycles. The van der Waals surface area contributed by atoms with Gasteiger partial charge in [-0.05, 0) is 43.0 Å². The van der Waals surface area contributed by atoms with Crippen LogP contribution in [-0.2, 0) is 4.79 Å². The van der Waals surface area contributed by atoms with Gasteiger partial charge in [-0.25, -0.2) is 0 Å². The molecule has 4 heteroatoms. The number of benzene rings is 1. The normalized spacial score (nSPS) is 10.7. The van der Waals surface area contributed by atoms with E-state index in [2.05, 4.69) is 5.32 Å². The van der Waals surface area contributed by atoms with E-state index in [1.54, 1.807) is 12.1 Å². The van der Waals surface area contributed by atoms with Gasteiger partial charge in [0.15, 0.2) is 0 Å². The number of nitrogens with one attached hydrogen (secondary N) is 1. The zero-order chi connectivity index (χ0) is 13.2. The second-order valence-corrected chi connectivity index (χ2v) is 4.08. The number of amides is 1. The number of aliphatic hydroxyl groups excluding tert-OH is 1. The van der Waals surface area contributed by atoms with Crippen LogP contribution in [0.5, 0.6) is 0 Å². The Balaban J connectivity index is 2.27. The Kier molecular flexibility index (Phi) is 6.58. The first-order valence-electron chi connectivity index (χ1n) is 6.14. The summed E-state index contributed by atoms with van der Waals surface area (Å²) in [6.45, 7) is 0.851. The van der Waals surface area contributed by atoms with Crippen LogP contribution in [0.1, 0.15) is 24.8 Å². The van der Waals surface area contributed by atoms with Crippen LogP contribution in [0.15, 0.2) is 30.3 Å². The molecule has 0 aromatic heterocycles. The van der Waals surface area contributed by atoms with Crippen molar-refractivity contribution in [3.05, 3.63) is 35.9 Å². The molecule has 0 spiro atoms. The average Bonchev–Trinajstić information content (AvgIpc) is 2.36. The number of carbonyl (C=O) groups is 1. The molecule has 0 radical (unpaired) electrons. The van der Waals surface area contributed by atoms with Gasteiger partial charge in [-0.1, -0.05) is 12.1 Å². The Labute approximate surface area is 108 Å². The van der Waals surface area contributed by atoms with E-state index in [-0.39, 0.29) is 12.5 Å². The van der Waals surface area contributed by atoms with Crippen LogP contribution in [0.25, 0.3) is 6.08 Å². The standard InChI is InChI=1S/C14H20N2O2/c15-13-6-4-5-12(11-13)7-8-14(18)16-9-2-1-3-10-17/h4-8,11,17H,1-3,9-10,15H2,(H,16,18)/b8-7+. The molecule has 0 aliphatic heterocycles. The van der Waals surface area contributed by atoms with Gasteiger partial charge in [0.2, 0.25) is 5.91 Å². The topological polar surface area (TPSA) is 75.4 Å². The van der Waals surface area contributed by atoms with Gasteiger partial charge in [0.25, 0.3) is 0 Å². The maximum atomic E-state index is 11.5. The monoisotopic (exact) mass is 248 g/mol. The predicted molar refractivity (Wildman–Crippen MR) is 73.8 cm³/mol. The van der Waals surface area contributed by atoms with Crippen LogP contribution in [-0.4, -0.2) is 24.2 Å². The third kappa shape index (κ3) is 6.06. The molecule has 0 saturated carbocycles. The van der Waals surface area contributed by atoms with Crippen LogP contribution < -0.4 is 11.1 Å². The van der Waals surface area contributed by atoms with Crippen molar-refractivity contribution in [3.63, 3.8) is 0 Å². The number of rotatable bonds is 7. The summed E-state index contributed by atoms with van der Waals surface area (Å²) in [6.07, 6.45) is 5.84. The number of anilines is 1. The lowest BCUT2D eigenvalue weighted by molar-refractivity contribution is -0.116. The van der Waals surface area contributed by atoms with Crippen molar-refractivity contribution in [1.82, 2.24) is 5.32 Å². The highest BCUT2D eigenvalue weighted by atomic mass is 16.2. The molecule has 4 N–H and O–H groups in total. The highest BCUT2D eigenvalue weighted by Gasteiger charge is 1.95. The van der Waals surface area contributed by atoms with Gasteiger partial charge in [-0.3, -0.25) is 4.79 Å². The molecule has 1 aromatic carbocycles. The molecule has 98 valence electrons. The van der Waals surface area contributed by atoms with Crippen molar-refractivity contribution >= 4 is 17.7 Å². The molecule has 0 heterocycles. The molecule has 1 rings (SSSR count). The van der Waals surface area contributed by atoms with Crippen LogP contribution in [0, 0.1) is 0 Å². The number of nitrogens with two attached hydrogens (primary N) is 1. The Morgan fingerprint density at radius 3 is 2.89 bits per heavy atom. The highest BCUT2D eigenvalue weighted by Crippen LogP contribution is 2.07. The minimum absolute atomic E-state index is 0.110. The van der Waals surface area contributed by atoms with Gasteiger partial charge in [0.1, 0.15) is 0 Å². The van der Waals surface area contributed by atoms with Crippen LogP contribution in [0.2, 0.25) is 0 Å². The van der Waals surface area contributed by atoms with Gasteiger partial charge < -0.3 is 16.2 Å². The van der Waals surface area contributed by atoms with Gasteiger partial charge in [0.05, 0.1) is 0 Å². The van der Waals surface area contributed by atoms with Crippen LogP contribution in [0.4, 0.5) is 5.69 Å². The van der Waals surface area contributed by atoms with Gasteiger partial charge in [-0.2, -0.15) is 0 Å². The Bertz CT molecular complexity index is 403. The molecule has 0 saturated heterocycles. The summed E-state index contributed by atoms with van der Waals surface area (Å²) in [5.74, 6) is -0.110. The maximum absolute atomic E-state index is 11.5. The molecule has 0 aliphatic rings. The predicted octanol–water partition coefficient (Wildman–Crippen LogP) is 1.56. The van der Waals surface area contributed by atoms with Crippen molar-refractivity contribution in [1.29, 1.82) is 0 Å². The van der Waals surface area contributed by atoms with E-state index in [9.17, 15) is 4.79 Å². The molecule has 0 bridgehead atoms. The number of hydrogen-bond acceptors (Lipinski definition) is 3. The zero-order valence-electron chi connectivity index (χ0n) is 10.4. The van der Waals surface area contributed by atoms with Crippen molar-refractivity contribution in [3.8, 4) is 0 Å². The summed E-state index contributed by atoms with van der Waals surface area (Å²) in [6, 6.07) is 7.35. The highest BCUT2D eigenvalue weighted by molar-refractivity contribution is 5.91. The molecular formula is C14H20N2O2. The fourth-order valence-electron chi connectivity index (χ4n) is 1.52. The van der Waals surface area contributed by atoms with Crippen molar-refractivity contribution in [2.75, 3.05) is 18.9 Å². The molecule has 18 heavy (non-hydrogen) atoms. The fourth-order valence-corrected chi connectivity index (χ4v) is 1.52. The molecule has 0 fully saturated rings. The Hall–Kier alpha value is -1.81. The summed E-state index contributed by atoms with van der Waals surface area (Å²) in [5, 5.41) is 11.4. The quantitative estimate of drug-likeness (QED) is 0.389. The molecule has 0 unspecified atom stereocenters. The number of nitrogen functional groups attached to an aromatic ring is 1. The minimum atomic E-state index is -0.110. The van der Waals surface area contributed by atoms with Crippen molar-refractivity contribution in [2.24, 2.45) is 0 Å². The van der Waals surface area contributed by atoms with Crippen LogP contribution >= 0.6 is 0 Å². The lowest BCUT2D eigenvalue weighted by atomic mass is 10.2. The lowest BCUT2D eigenvalue weighted by Gasteiger charge is -2.01. The van der Waals surface area contributed by atoms with Gasteiger partial charge in [-0.15, -0.1) is 0 Å². The summed E-state index contributed by atoms with van der Waals surface area (Å²) < 4.78 is 0. The fraction of sp³-hybridized carbons (Fsp3) is 0.357. The van der Waals surface area contributed by atoms with E-state index >= 15 is 0 Å². The SMILES string of the molecule is Nc1cccc(/C=C/C(=O)NCCCCCO)c1. The molecule has 4 nitrogen and oxygen atoms in total. The molecule has 0 atom stereocenters. The lowest BCUT2D eigenvalue weighted by Crippen LogP contribution is -2.22. The van der Waals surface area contributed by atoms with Crippen molar-refractivity contribution in [2.45, 2.75) is 19.3 Å². The smallest absolute Gasteiger partial charge is 0.243 e. The second-order valence-electron chi connectivity index (χ2n) is 4.08. The zero-order valence-corrected chi connectivity index (χ0v) is 10.4. The largest absolute Gasteiger partial charge is 0.399 e. The molecule has 1 aromatic rings. The van der Waals surface area contributed by atoms with Gasteiger partial charge in [0, 0.05) is 24.9 Å². The number of unbranched alkanes of at least 4 members (excludes halogenated alkanes) is 2. The summed E-state index contributed by atoms with van der Waals surface area (Å²) >= 11 is 0. The summed E-state index contributed by atoms with van der Waals surface area (Å²) in [7, 11) is 0. The first kappa shape index (κ1) is 14.3. The number of hydrogen-bond donors (Lipinski definition) is 3. The van der Waals surface area contributed by atoms with Crippen LogP contribution in [0.3, 0.4) is 0 Å². The van der Waals surface area contributed by atoms with Crippen molar-refractivity contribution < 1.29 is 9.90 Å². The third-order valence-corrected chi connectivity index (χ3v) is 2.47. The second kappa shape index (κ2) is 8.31. The minimum Gasteiger partial charge on any atom is -0.399 e. The molecular weight excluding hydrogens is 228 g/mol. The first-order valence-corrected chi connectivity index (χ1v) is 6.14. The summed E-state index contributed by atoms with van der Waals surface area (Å²) in [4.78, 5) is 11.5. The maximum Gasteiger partial charge on any atom is 0.243 e. The van der Waals surface area contributed by atoms with E-state index in [1.807, 2.05) is 18.2 Å². The third-order valence-electron chi connectivity index (χ3n) is 2.47. The molecule has 1 amide bonds. The van der Waals surface area contributed by atoms with E-state index in [0.717, 1.165) is 24.8 Å². The van der Waals surface area contributed by atoms with E-state index in [4.69, 9.17) is 10.8 Å². The van der Waals surface area contributed by atoms with E-state index < -0.39 is 0 Å². The van der Waals surface area contributed by atoms with E-state index in [0.29, 0.717) is 12.2 Å². The number of aliphatic hydroxyl groups is 1. The Morgan fingerprint density at radius 1 is 1.33 bits per heavy atom. The average molecular weight is 248 g/mol.